The summed E-state index contributed by atoms with van der Waals surface area (Å²) in [7, 11) is 0. The van der Waals surface area contributed by atoms with E-state index in [9.17, 15) is 19.7 Å². The quantitative estimate of drug-likeness (QED) is 0.372. The number of nitro groups is 1. The smallest absolute Gasteiger partial charge is 0.267 e. The highest BCUT2D eigenvalue weighted by Gasteiger charge is 2.33. The van der Waals surface area contributed by atoms with Gasteiger partial charge in [-0.25, -0.2) is 0 Å². The molecule has 1 aromatic heterocycles. The van der Waals surface area contributed by atoms with Crippen molar-refractivity contribution in [2.24, 2.45) is 0 Å². The van der Waals surface area contributed by atoms with Gasteiger partial charge in [0, 0.05) is 30.1 Å². The third-order valence-electron chi connectivity index (χ3n) is 3.31. The summed E-state index contributed by atoms with van der Waals surface area (Å²) < 4.78 is 0.156. The van der Waals surface area contributed by atoms with Crippen molar-refractivity contribution in [3.05, 3.63) is 74.9 Å². The second kappa shape index (κ2) is 7.42. The summed E-state index contributed by atoms with van der Waals surface area (Å²) in [6.45, 7) is 0. The van der Waals surface area contributed by atoms with Crippen molar-refractivity contribution in [1.82, 2.24) is 15.4 Å². The van der Waals surface area contributed by atoms with Crippen molar-refractivity contribution < 1.29 is 14.5 Å². The van der Waals surface area contributed by atoms with E-state index >= 15 is 0 Å². The first-order valence-electron chi connectivity index (χ1n) is 7.19. The Balaban J connectivity index is 1.78. The molecule has 8 nitrogen and oxygen atoms in total. The van der Waals surface area contributed by atoms with Crippen molar-refractivity contribution in [2.75, 3.05) is 0 Å². The van der Waals surface area contributed by atoms with E-state index < -0.39 is 16.7 Å². The Kier molecular flexibility index (Phi) is 5.05. The van der Waals surface area contributed by atoms with Gasteiger partial charge in [0.1, 0.15) is 0 Å². The summed E-state index contributed by atoms with van der Waals surface area (Å²) in [6, 6.07) is 8.70. The van der Waals surface area contributed by atoms with E-state index in [1.807, 2.05) is 0 Å². The fourth-order valence-corrected chi connectivity index (χ4v) is 3.28. The number of carbonyl (C=O) groups excluding carboxylic acids is 2. The average molecular weight is 386 g/mol. The fourth-order valence-electron chi connectivity index (χ4n) is 2.10. The molecule has 0 spiro atoms. The van der Waals surface area contributed by atoms with Crippen LogP contribution >= 0.6 is 24.0 Å². The lowest BCUT2D eigenvalue weighted by Gasteiger charge is -2.15. The lowest BCUT2D eigenvalue weighted by molar-refractivity contribution is -0.384. The van der Waals surface area contributed by atoms with Crippen LogP contribution < -0.4 is 5.43 Å². The van der Waals surface area contributed by atoms with Crippen LogP contribution in [0.1, 0.15) is 15.9 Å². The predicted molar refractivity (Wildman–Crippen MR) is 99.8 cm³/mol. The van der Waals surface area contributed by atoms with Crippen LogP contribution in [0, 0.1) is 10.1 Å². The number of aromatic nitrogens is 1. The van der Waals surface area contributed by atoms with E-state index in [2.05, 4.69) is 10.4 Å². The van der Waals surface area contributed by atoms with Crippen LogP contribution in [0.2, 0.25) is 0 Å². The SMILES string of the molecule is O=C(NN1C(=O)/C(=C/c2cccnc2)SC1=S)c1cccc([N+](=O)[O-])c1. The number of amides is 2. The van der Waals surface area contributed by atoms with Crippen LogP contribution in [0.25, 0.3) is 6.08 Å². The molecule has 1 saturated heterocycles. The third kappa shape index (κ3) is 3.76. The largest absolute Gasteiger partial charge is 0.285 e. The molecule has 10 heteroatoms. The standard InChI is InChI=1S/C16H10N4O4S2/c21-14(11-4-1-5-12(8-11)20(23)24)18-19-15(22)13(26-16(19)25)7-10-3-2-6-17-9-10/h1-9H,(H,18,21)/b13-7-. The van der Waals surface area contributed by atoms with E-state index in [-0.39, 0.29) is 15.6 Å². The molecule has 0 atom stereocenters. The zero-order valence-corrected chi connectivity index (χ0v) is 14.6. The minimum absolute atomic E-state index is 0.0458. The Hall–Kier alpha value is -3.11. The maximum Gasteiger partial charge on any atom is 0.285 e. The van der Waals surface area contributed by atoms with Gasteiger partial charge >= 0.3 is 0 Å². The normalized spacial score (nSPS) is 15.4. The van der Waals surface area contributed by atoms with Crippen molar-refractivity contribution in [3.63, 3.8) is 0 Å². The molecule has 0 aliphatic carbocycles. The first-order valence-corrected chi connectivity index (χ1v) is 8.41. The van der Waals surface area contributed by atoms with Gasteiger partial charge in [-0.1, -0.05) is 23.9 Å². The van der Waals surface area contributed by atoms with Crippen molar-refractivity contribution >= 4 is 51.9 Å². The van der Waals surface area contributed by atoms with Gasteiger partial charge in [-0.15, -0.1) is 0 Å². The average Bonchev–Trinajstić information content (AvgIpc) is 2.90. The van der Waals surface area contributed by atoms with E-state index in [4.69, 9.17) is 12.2 Å². The molecule has 2 aromatic rings. The number of carbonyl (C=O) groups is 2. The van der Waals surface area contributed by atoms with Crippen molar-refractivity contribution in [3.8, 4) is 0 Å². The molecule has 2 amide bonds. The molecule has 1 aliphatic rings. The number of hydrazine groups is 1. The highest BCUT2D eigenvalue weighted by atomic mass is 32.2. The van der Waals surface area contributed by atoms with Crippen LogP contribution in [0.4, 0.5) is 5.69 Å². The minimum atomic E-state index is -0.673. The van der Waals surface area contributed by atoms with E-state index in [0.29, 0.717) is 4.91 Å². The molecule has 1 aromatic carbocycles. The number of hydrogen-bond donors (Lipinski definition) is 1. The van der Waals surface area contributed by atoms with Crippen LogP contribution in [0.15, 0.2) is 53.7 Å². The molecule has 0 radical (unpaired) electrons. The van der Waals surface area contributed by atoms with Gasteiger partial charge in [-0.05, 0) is 36.0 Å². The maximum atomic E-state index is 12.5. The van der Waals surface area contributed by atoms with Gasteiger partial charge in [0.05, 0.1) is 9.83 Å². The second-order valence-corrected chi connectivity index (χ2v) is 6.73. The van der Waals surface area contributed by atoms with Crippen molar-refractivity contribution in [2.45, 2.75) is 0 Å². The number of thioether (sulfide) groups is 1. The Labute approximate surface area is 157 Å². The molecular weight excluding hydrogens is 376 g/mol. The number of nitrogens with zero attached hydrogens (tertiary/aromatic N) is 3. The number of rotatable bonds is 4. The van der Waals surface area contributed by atoms with E-state index in [0.717, 1.165) is 28.4 Å². The molecule has 0 saturated carbocycles. The second-order valence-electron chi connectivity index (χ2n) is 5.05. The Morgan fingerprint density at radius 2 is 2.15 bits per heavy atom. The predicted octanol–water partition coefficient (Wildman–Crippen LogP) is 2.54. The lowest BCUT2D eigenvalue weighted by Crippen LogP contribution is -2.44. The van der Waals surface area contributed by atoms with Gasteiger partial charge < -0.3 is 0 Å². The first kappa shape index (κ1) is 17.7. The summed E-state index contributed by atoms with van der Waals surface area (Å²) in [5.74, 6) is -1.16. The number of nitrogens with one attached hydrogen (secondary N) is 1. The van der Waals surface area contributed by atoms with Crippen LogP contribution in [0.3, 0.4) is 0 Å². The number of pyridine rings is 1. The zero-order chi connectivity index (χ0) is 18.7. The van der Waals surface area contributed by atoms with Crippen molar-refractivity contribution in [1.29, 1.82) is 0 Å². The Morgan fingerprint density at radius 3 is 2.85 bits per heavy atom. The highest BCUT2D eigenvalue weighted by molar-refractivity contribution is 8.26. The molecule has 130 valence electrons. The summed E-state index contributed by atoms with van der Waals surface area (Å²) in [5.41, 5.74) is 2.92. The maximum absolute atomic E-state index is 12.5. The van der Waals surface area contributed by atoms with Gasteiger partial charge in [0.2, 0.25) is 0 Å². The van der Waals surface area contributed by atoms with Crippen LogP contribution in [-0.2, 0) is 4.79 Å². The van der Waals surface area contributed by atoms with Gasteiger partial charge in [-0.3, -0.25) is 30.1 Å². The first-order chi connectivity index (χ1) is 12.5. The van der Waals surface area contributed by atoms with Crippen LogP contribution in [-0.4, -0.2) is 31.1 Å². The summed E-state index contributed by atoms with van der Waals surface area (Å²) >= 11 is 6.18. The summed E-state index contributed by atoms with van der Waals surface area (Å²) in [4.78, 5) is 39.3. The molecule has 3 rings (SSSR count). The minimum Gasteiger partial charge on any atom is -0.267 e. The Bertz CT molecular complexity index is 946. The van der Waals surface area contributed by atoms with E-state index in [1.165, 1.54) is 18.2 Å². The van der Waals surface area contributed by atoms with Gasteiger partial charge in [0.25, 0.3) is 17.5 Å². The molecule has 0 bridgehead atoms. The number of thiocarbonyl (C=S) groups is 1. The molecule has 1 N–H and O–H groups in total. The summed E-state index contributed by atoms with van der Waals surface area (Å²) in [6.07, 6.45) is 4.82. The third-order valence-corrected chi connectivity index (χ3v) is 4.61. The lowest BCUT2D eigenvalue weighted by atomic mass is 10.2. The topological polar surface area (TPSA) is 105 Å². The van der Waals surface area contributed by atoms with Gasteiger partial charge in [0.15, 0.2) is 4.32 Å². The number of hydrogen-bond acceptors (Lipinski definition) is 7. The zero-order valence-electron chi connectivity index (χ0n) is 13.0. The molecule has 1 fully saturated rings. The molecule has 26 heavy (non-hydrogen) atoms. The Morgan fingerprint density at radius 1 is 1.35 bits per heavy atom. The summed E-state index contributed by atoms with van der Waals surface area (Å²) in [5, 5.41) is 11.8. The molecule has 1 aliphatic heterocycles. The monoisotopic (exact) mass is 386 g/mol. The molecule has 2 heterocycles. The van der Waals surface area contributed by atoms with E-state index in [1.54, 1.807) is 30.6 Å². The van der Waals surface area contributed by atoms with Gasteiger partial charge in [-0.2, -0.15) is 5.01 Å². The molecular formula is C16H10N4O4S2. The fraction of sp³-hybridized carbons (Fsp3) is 0. The van der Waals surface area contributed by atoms with Crippen LogP contribution in [0.5, 0.6) is 0 Å². The number of nitro benzene ring substituents is 1. The number of benzene rings is 1. The highest BCUT2D eigenvalue weighted by Crippen LogP contribution is 2.31. The molecule has 0 unspecified atom stereocenters. The number of non-ortho nitro benzene ring substituents is 1.